The summed E-state index contributed by atoms with van der Waals surface area (Å²) in [6, 6.07) is -0.356. The van der Waals surface area contributed by atoms with Crippen LogP contribution in [0.2, 0.25) is 0 Å². The van der Waals surface area contributed by atoms with Crippen molar-refractivity contribution in [1.82, 2.24) is 19.8 Å². The van der Waals surface area contributed by atoms with Gasteiger partial charge in [0.05, 0.1) is 18.8 Å². The minimum Gasteiger partial charge on any atom is -0.336 e. The highest BCUT2D eigenvalue weighted by Crippen LogP contribution is 2.12. The van der Waals surface area contributed by atoms with Crippen LogP contribution in [0.15, 0.2) is 18.7 Å². The van der Waals surface area contributed by atoms with E-state index in [-0.39, 0.29) is 24.3 Å². The lowest BCUT2D eigenvalue weighted by molar-refractivity contribution is -0.138. The van der Waals surface area contributed by atoms with Gasteiger partial charge in [-0.25, -0.2) is 4.98 Å². The van der Waals surface area contributed by atoms with Gasteiger partial charge < -0.3 is 9.88 Å². The standard InChI is InChI=1S/C11H16N4O2/c1-2-15-10(16)7-9(11(15)17)13-4-6-14-5-3-12-8-14/h3,5,8-9,13H,2,4,6-7H2,1H3. The highest BCUT2D eigenvalue weighted by Gasteiger charge is 2.36. The van der Waals surface area contributed by atoms with Gasteiger partial charge in [-0.2, -0.15) is 0 Å². The molecule has 1 atom stereocenters. The predicted molar refractivity (Wildman–Crippen MR) is 61.0 cm³/mol. The Morgan fingerprint density at radius 1 is 1.53 bits per heavy atom. The molecular formula is C11H16N4O2. The summed E-state index contributed by atoms with van der Waals surface area (Å²) in [7, 11) is 0. The smallest absolute Gasteiger partial charge is 0.246 e. The summed E-state index contributed by atoms with van der Waals surface area (Å²) in [5.41, 5.74) is 0. The van der Waals surface area contributed by atoms with Gasteiger partial charge in [0.25, 0.3) is 0 Å². The zero-order valence-electron chi connectivity index (χ0n) is 9.80. The Kier molecular flexibility index (Phi) is 3.53. The number of nitrogens with one attached hydrogen (secondary N) is 1. The van der Waals surface area contributed by atoms with E-state index in [2.05, 4.69) is 10.3 Å². The molecule has 6 heteroatoms. The summed E-state index contributed by atoms with van der Waals surface area (Å²) >= 11 is 0. The van der Waals surface area contributed by atoms with Crippen LogP contribution in [-0.2, 0) is 16.1 Å². The Hall–Kier alpha value is -1.69. The molecule has 1 aliphatic rings. The number of imidazole rings is 1. The van der Waals surface area contributed by atoms with E-state index in [9.17, 15) is 9.59 Å². The van der Waals surface area contributed by atoms with E-state index >= 15 is 0 Å². The first-order chi connectivity index (χ1) is 8.22. The fraction of sp³-hybridized carbons (Fsp3) is 0.545. The topological polar surface area (TPSA) is 67.2 Å². The molecule has 0 aliphatic carbocycles. The normalized spacial score (nSPS) is 20.3. The van der Waals surface area contributed by atoms with Crippen LogP contribution in [0.3, 0.4) is 0 Å². The third-order valence-corrected chi connectivity index (χ3v) is 2.88. The van der Waals surface area contributed by atoms with Crippen molar-refractivity contribution in [2.75, 3.05) is 13.1 Å². The third-order valence-electron chi connectivity index (χ3n) is 2.88. The average Bonchev–Trinajstić information content (AvgIpc) is 2.89. The third kappa shape index (κ3) is 2.52. The largest absolute Gasteiger partial charge is 0.336 e. The summed E-state index contributed by atoms with van der Waals surface area (Å²) in [5, 5.41) is 3.10. The SMILES string of the molecule is CCN1C(=O)CC(NCCn2ccnc2)C1=O. The van der Waals surface area contributed by atoms with Crippen molar-refractivity contribution in [2.24, 2.45) is 0 Å². The molecular weight excluding hydrogens is 220 g/mol. The quantitative estimate of drug-likeness (QED) is 0.708. The van der Waals surface area contributed by atoms with E-state index in [1.807, 2.05) is 17.7 Å². The highest BCUT2D eigenvalue weighted by atomic mass is 16.2. The Balaban J connectivity index is 1.80. The van der Waals surface area contributed by atoms with Crippen molar-refractivity contribution in [3.8, 4) is 0 Å². The van der Waals surface area contributed by atoms with Crippen LogP contribution >= 0.6 is 0 Å². The van der Waals surface area contributed by atoms with Gasteiger partial charge in [0.1, 0.15) is 0 Å². The number of nitrogens with zero attached hydrogens (tertiary/aromatic N) is 3. The maximum absolute atomic E-state index is 11.8. The van der Waals surface area contributed by atoms with Gasteiger partial charge >= 0.3 is 0 Å². The van der Waals surface area contributed by atoms with E-state index < -0.39 is 0 Å². The molecule has 0 spiro atoms. The number of aromatic nitrogens is 2. The van der Waals surface area contributed by atoms with Crippen LogP contribution in [0, 0.1) is 0 Å². The first-order valence-electron chi connectivity index (χ1n) is 5.75. The number of carbonyl (C=O) groups is 2. The lowest BCUT2D eigenvalue weighted by Crippen LogP contribution is -2.39. The number of carbonyl (C=O) groups excluding carboxylic acids is 2. The maximum Gasteiger partial charge on any atom is 0.246 e. The summed E-state index contributed by atoms with van der Waals surface area (Å²) in [4.78, 5) is 28.5. The summed E-state index contributed by atoms with van der Waals surface area (Å²) < 4.78 is 1.92. The van der Waals surface area contributed by atoms with Crippen LogP contribution in [0.5, 0.6) is 0 Å². The van der Waals surface area contributed by atoms with Crippen LogP contribution < -0.4 is 5.32 Å². The van der Waals surface area contributed by atoms with Crippen LogP contribution in [-0.4, -0.2) is 45.4 Å². The molecule has 6 nitrogen and oxygen atoms in total. The van der Waals surface area contributed by atoms with Crippen molar-refractivity contribution in [1.29, 1.82) is 0 Å². The number of likely N-dealkylation sites (tertiary alicyclic amines) is 1. The van der Waals surface area contributed by atoms with E-state index in [4.69, 9.17) is 0 Å². The highest BCUT2D eigenvalue weighted by molar-refractivity contribution is 6.05. The molecule has 1 aromatic rings. The molecule has 1 aliphatic heterocycles. The lowest BCUT2D eigenvalue weighted by atomic mass is 10.2. The molecule has 2 rings (SSSR count). The minimum atomic E-state index is -0.356. The van der Waals surface area contributed by atoms with Gasteiger partial charge in [-0.3, -0.25) is 14.5 Å². The molecule has 0 saturated carbocycles. The van der Waals surface area contributed by atoms with Crippen molar-refractivity contribution in [3.05, 3.63) is 18.7 Å². The van der Waals surface area contributed by atoms with Gasteiger partial charge in [0.2, 0.25) is 11.8 Å². The summed E-state index contributed by atoms with van der Waals surface area (Å²) in [6.45, 7) is 3.66. The number of hydrogen-bond acceptors (Lipinski definition) is 4. The van der Waals surface area contributed by atoms with Crippen LogP contribution in [0.1, 0.15) is 13.3 Å². The van der Waals surface area contributed by atoms with Crippen molar-refractivity contribution < 1.29 is 9.59 Å². The summed E-state index contributed by atoms with van der Waals surface area (Å²) in [6.07, 6.45) is 5.57. The second kappa shape index (κ2) is 5.09. The molecule has 1 unspecified atom stereocenters. The number of hydrogen-bond donors (Lipinski definition) is 1. The van der Waals surface area contributed by atoms with Gasteiger partial charge in [-0.1, -0.05) is 0 Å². The first-order valence-corrected chi connectivity index (χ1v) is 5.75. The number of likely N-dealkylation sites (N-methyl/N-ethyl adjacent to an activating group) is 1. The van der Waals surface area contributed by atoms with Crippen molar-refractivity contribution in [2.45, 2.75) is 25.9 Å². The zero-order chi connectivity index (χ0) is 12.3. The Morgan fingerprint density at radius 2 is 2.35 bits per heavy atom. The van der Waals surface area contributed by atoms with E-state index in [1.165, 1.54) is 4.90 Å². The molecule has 0 bridgehead atoms. The minimum absolute atomic E-state index is 0.0855. The Bertz CT molecular complexity index is 402. The molecule has 17 heavy (non-hydrogen) atoms. The van der Waals surface area contributed by atoms with Gasteiger partial charge in [-0.15, -0.1) is 0 Å². The van der Waals surface area contributed by atoms with E-state index in [0.717, 1.165) is 6.54 Å². The van der Waals surface area contributed by atoms with Gasteiger partial charge in [0, 0.05) is 32.0 Å². The molecule has 1 aromatic heterocycles. The fourth-order valence-electron chi connectivity index (χ4n) is 1.96. The molecule has 1 saturated heterocycles. The second-order valence-corrected chi connectivity index (χ2v) is 3.99. The van der Waals surface area contributed by atoms with Crippen LogP contribution in [0.4, 0.5) is 0 Å². The molecule has 92 valence electrons. The van der Waals surface area contributed by atoms with E-state index in [1.54, 1.807) is 12.5 Å². The Labute approximate surface area is 99.6 Å². The average molecular weight is 236 g/mol. The van der Waals surface area contributed by atoms with Crippen molar-refractivity contribution >= 4 is 11.8 Å². The molecule has 0 radical (unpaired) electrons. The molecule has 1 N–H and O–H groups in total. The fourth-order valence-corrected chi connectivity index (χ4v) is 1.96. The molecule has 2 amide bonds. The van der Waals surface area contributed by atoms with Gasteiger partial charge in [-0.05, 0) is 6.92 Å². The molecule has 0 aromatic carbocycles. The lowest BCUT2D eigenvalue weighted by Gasteiger charge is -2.13. The first kappa shape index (κ1) is 11.8. The number of rotatable bonds is 5. The number of amides is 2. The molecule has 2 heterocycles. The number of imide groups is 1. The van der Waals surface area contributed by atoms with Crippen molar-refractivity contribution in [3.63, 3.8) is 0 Å². The maximum atomic E-state index is 11.8. The van der Waals surface area contributed by atoms with Gasteiger partial charge in [0.15, 0.2) is 0 Å². The molecule has 1 fully saturated rings. The monoisotopic (exact) mass is 236 g/mol. The van der Waals surface area contributed by atoms with Crippen LogP contribution in [0.25, 0.3) is 0 Å². The summed E-state index contributed by atoms with van der Waals surface area (Å²) in [5.74, 6) is -0.194. The second-order valence-electron chi connectivity index (χ2n) is 3.99. The zero-order valence-corrected chi connectivity index (χ0v) is 9.80. The Morgan fingerprint density at radius 3 is 2.94 bits per heavy atom. The predicted octanol–water partition coefficient (Wildman–Crippen LogP) is -0.380. The van der Waals surface area contributed by atoms with E-state index in [0.29, 0.717) is 13.1 Å².